The first-order valence-electron chi connectivity index (χ1n) is 30.2. The summed E-state index contributed by atoms with van der Waals surface area (Å²) in [6.45, 7) is -0.0825. The van der Waals surface area contributed by atoms with E-state index in [1.807, 2.05) is 97.1 Å². The second-order valence-corrected chi connectivity index (χ2v) is 23.1. The zero-order chi connectivity index (χ0) is 60.2. The molecule has 0 atom stereocenters. The van der Waals surface area contributed by atoms with Gasteiger partial charge in [0.25, 0.3) is 6.71 Å². The summed E-state index contributed by atoms with van der Waals surface area (Å²) >= 11 is 3.94. The van der Waals surface area contributed by atoms with E-state index in [-0.39, 0.29) is 14.1 Å². The van der Waals surface area contributed by atoms with Crippen LogP contribution in [-0.2, 0) is 0 Å². The van der Waals surface area contributed by atoms with Crippen molar-refractivity contribution >= 4 is 39.0 Å². The lowest BCUT2D eigenvalue weighted by Crippen LogP contribution is -2.57. The Balaban J connectivity index is 0.000000157. The lowest BCUT2D eigenvalue weighted by molar-refractivity contribution is 0.457. The molecule has 6 heteroatoms. The topological polar surface area (TPSA) is 36.9 Å². The third kappa shape index (κ3) is 11.8. The van der Waals surface area contributed by atoms with Crippen LogP contribution in [-0.4, -0.2) is 6.71 Å². The fourth-order valence-electron chi connectivity index (χ4n) is 12.3. The van der Waals surface area contributed by atoms with Crippen molar-refractivity contribution < 1.29 is 18.9 Å². The van der Waals surface area contributed by atoms with Gasteiger partial charge in [-0.15, -0.1) is 0 Å². The SMILES string of the molecule is Brc1c(Oc2ccc(-c3ccccc3)cc2)c(-c2ccccc2)cc(-c2ccccc2)c1Oc1ccc(-c2ccccc2)cc1.C.c1ccc(-c2ccc3c(c2)B2c4cc(-c5ccccc5)ccc4Oc4c(-c5ccccc5)cc(-c5ccccc5)c(c42)O3)cc1. The van der Waals surface area contributed by atoms with Crippen molar-refractivity contribution in [1.82, 2.24) is 0 Å². The molecule has 14 aromatic carbocycles. The molecular formula is C85H60BBrO4. The number of ether oxygens (including phenoxy) is 4. The molecule has 0 radical (unpaired) electrons. The molecule has 0 N–H and O–H groups in total. The van der Waals surface area contributed by atoms with Crippen molar-refractivity contribution in [1.29, 1.82) is 0 Å². The normalized spacial score (nSPS) is 11.4. The maximum atomic E-state index is 6.94. The van der Waals surface area contributed by atoms with Gasteiger partial charge in [-0.05, 0) is 142 Å². The van der Waals surface area contributed by atoms with Crippen LogP contribution in [0, 0.1) is 0 Å². The van der Waals surface area contributed by atoms with Crippen molar-refractivity contribution in [3.8, 4) is 135 Å². The van der Waals surface area contributed by atoms with Crippen LogP contribution in [0.15, 0.2) is 344 Å². The first-order valence-corrected chi connectivity index (χ1v) is 31.0. The standard InChI is InChI=1S/C42H27BO2.C42H29BrO2.CH4/c1-5-13-28(14-6-1)32-21-23-38-36(25-32)43-37-26-33(29-15-7-2-8-16-29)22-24-39(37)45-42-35(31-19-11-4-12-20-31)27-34(41(44-38)40(42)43)30-17-9-3-10-18-30;43-40-41(44-36-25-21-32(22-26-36)30-13-5-1-6-14-30)38(34-17-9-3-10-18-34)29-39(35-19-11-4-12-20-35)42(40)45-37-27-23-33(24-28-37)31-15-7-2-8-16-31;/h1-27H;1-29H;1H4. The van der Waals surface area contributed by atoms with Gasteiger partial charge in [-0.2, -0.15) is 0 Å². The summed E-state index contributed by atoms with van der Waals surface area (Å²) in [5.74, 6) is 6.31. The molecule has 0 bridgehead atoms. The Morgan fingerprint density at radius 1 is 0.253 bits per heavy atom. The van der Waals surface area contributed by atoms with Gasteiger partial charge in [0.2, 0.25) is 0 Å². The lowest BCUT2D eigenvalue weighted by Gasteiger charge is -2.36. The van der Waals surface area contributed by atoms with E-state index >= 15 is 0 Å². The van der Waals surface area contributed by atoms with Crippen LogP contribution in [0.2, 0.25) is 0 Å². The number of fused-ring (bicyclic) bond motifs is 4. The molecule has 2 aliphatic rings. The van der Waals surface area contributed by atoms with Crippen LogP contribution < -0.4 is 35.3 Å². The molecule has 91 heavy (non-hydrogen) atoms. The monoisotopic (exact) mass is 1230 g/mol. The quantitative estimate of drug-likeness (QED) is 0.114. The summed E-state index contributed by atoms with van der Waals surface area (Å²) in [5, 5.41) is 0. The third-order valence-electron chi connectivity index (χ3n) is 16.7. The molecule has 2 aliphatic heterocycles. The highest BCUT2D eigenvalue weighted by Crippen LogP contribution is 2.52. The molecule has 434 valence electrons. The fourth-order valence-corrected chi connectivity index (χ4v) is 12.9. The largest absolute Gasteiger partial charge is 0.458 e. The smallest absolute Gasteiger partial charge is 0.260 e. The van der Waals surface area contributed by atoms with Crippen LogP contribution in [0.25, 0.3) is 89.0 Å². The maximum Gasteiger partial charge on any atom is 0.260 e. The molecule has 14 aromatic rings. The van der Waals surface area contributed by atoms with Crippen LogP contribution in [0.1, 0.15) is 7.43 Å². The molecule has 0 saturated carbocycles. The second kappa shape index (κ2) is 25.9. The molecule has 0 aliphatic carbocycles. The molecule has 0 saturated heterocycles. The Morgan fingerprint density at radius 3 is 0.824 bits per heavy atom. The minimum Gasteiger partial charge on any atom is -0.458 e. The van der Waals surface area contributed by atoms with Gasteiger partial charge in [0.15, 0.2) is 11.5 Å². The van der Waals surface area contributed by atoms with Gasteiger partial charge in [-0.3, -0.25) is 0 Å². The van der Waals surface area contributed by atoms with Gasteiger partial charge in [-0.1, -0.05) is 299 Å². The summed E-state index contributed by atoms with van der Waals surface area (Å²) in [6, 6.07) is 118. The van der Waals surface area contributed by atoms with E-state index < -0.39 is 0 Å². The molecule has 2 heterocycles. The second-order valence-electron chi connectivity index (χ2n) is 22.3. The minimum atomic E-state index is -0.0825. The van der Waals surface area contributed by atoms with Crippen LogP contribution in [0.3, 0.4) is 0 Å². The van der Waals surface area contributed by atoms with Crippen molar-refractivity contribution in [3.05, 3.63) is 344 Å². The Kier molecular flexibility index (Phi) is 16.4. The molecule has 4 nitrogen and oxygen atoms in total. The lowest BCUT2D eigenvalue weighted by atomic mass is 9.34. The van der Waals surface area contributed by atoms with Crippen molar-refractivity contribution in [2.24, 2.45) is 0 Å². The highest BCUT2D eigenvalue weighted by atomic mass is 79.9. The van der Waals surface area contributed by atoms with E-state index in [2.05, 4.69) is 259 Å². The molecule has 0 aromatic heterocycles. The first-order chi connectivity index (χ1) is 44.5. The van der Waals surface area contributed by atoms with Crippen molar-refractivity contribution in [2.75, 3.05) is 0 Å². The van der Waals surface area contributed by atoms with E-state index in [4.69, 9.17) is 18.9 Å². The maximum absolute atomic E-state index is 6.94. The fraction of sp³-hybridized carbons (Fsp3) is 0.0118. The van der Waals surface area contributed by atoms with Gasteiger partial charge in [-0.25, -0.2) is 0 Å². The molecule has 16 rings (SSSR count). The average Bonchev–Trinajstić information content (AvgIpc) is 0.721. The van der Waals surface area contributed by atoms with Gasteiger partial charge < -0.3 is 18.9 Å². The summed E-state index contributed by atoms with van der Waals surface area (Å²) < 4.78 is 28.0. The zero-order valence-corrected chi connectivity index (χ0v) is 50.5. The molecule has 0 amide bonds. The van der Waals surface area contributed by atoms with Gasteiger partial charge in [0.1, 0.15) is 39.0 Å². The summed E-state index contributed by atoms with van der Waals surface area (Å²) in [4.78, 5) is 0. The Bertz CT molecular complexity index is 4520. The summed E-state index contributed by atoms with van der Waals surface area (Å²) in [6.07, 6.45) is 0. The Morgan fingerprint density at radius 2 is 0.505 bits per heavy atom. The van der Waals surface area contributed by atoms with E-state index in [9.17, 15) is 0 Å². The number of hydrogen-bond donors (Lipinski definition) is 0. The Hall–Kier alpha value is -11.2. The number of halogens is 1. The third-order valence-corrected chi connectivity index (χ3v) is 17.4. The van der Waals surface area contributed by atoms with E-state index in [0.29, 0.717) is 11.5 Å². The molecule has 0 unspecified atom stereocenters. The summed E-state index contributed by atoms with van der Waals surface area (Å²) in [5.41, 5.74) is 21.0. The minimum absolute atomic E-state index is 0. The predicted octanol–water partition coefficient (Wildman–Crippen LogP) is 22.4. The van der Waals surface area contributed by atoms with Gasteiger partial charge in [0.05, 0.1) is 0 Å². The molecule has 0 spiro atoms. The van der Waals surface area contributed by atoms with E-state index in [0.717, 1.165) is 133 Å². The van der Waals surface area contributed by atoms with Gasteiger partial charge in [0, 0.05) is 27.7 Å². The van der Waals surface area contributed by atoms with E-state index in [1.165, 1.54) is 11.1 Å². The first kappa shape index (κ1) is 57.6. The highest BCUT2D eigenvalue weighted by molar-refractivity contribution is 9.10. The van der Waals surface area contributed by atoms with Crippen LogP contribution in [0.4, 0.5) is 0 Å². The van der Waals surface area contributed by atoms with Gasteiger partial charge >= 0.3 is 0 Å². The van der Waals surface area contributed by atoms with Crippen LogP contribution in [0.5, 0.6) is 46.0 Å². The van der Waals surface area contributed by atoms with Crippen LogP contribution >= 0.6 is 15.9 Å². The molecular weight excluding hydrogens is 1180 g/mol. The highest BCUT2D eigenvalue weighted by Gasteiger charge is 2.43. The zero-order valence-electron chi connectivity index (χ0n) is 48.9. The van der Waals surface area contributed by atoms with Crippen molar-refractivity contribution in [2.45, 2.75) is 7.43 Å². The number of hydrogen-bond acceptors (Lipinski definition) is 4. The summed E-state index contributed by atoms with van der Waals surface area (Å²) in [7, 11) is 0. The van der Waals surface area contributed by atoms with E-state index in [1.54, 1.807) is 0 Å². The Labute approximate surface area is 541 Å². The number of rotatable bonds is 12. The van der Waals surface area contributed by atoms with Crippen molar-refractivity contribution in [3.63, 3.8) is 0 Å². The molecule has 0 fully saturated rings. The average molecular weight is 1240 g/mol. The predicted molar refractivity (Wildman–Crippen MR) is 382 cm³/mol. The number of benzene rings is 14.